The number of nitrogens with zero attached hydrogens (tertiary/aromatic N) is 1. The first-order chi connectivity index (χ1) is 7.78. The third-order valence-corrected chi connectivity index (χ3v) is 3.84. The Bertz CT molecular complexity index is 205. The number of piperidine rings is 1. The molecule has 4 heteroatoms. The van der Waals surface area contributed by atoms with Gasteiger partial charge in [-0.1, -0.05) is 0 Å². The highest BCUT2D eigenvalue weighted by Gasteiger charge is 2.25. The first-order valence-corrected chi connectivity index (χ1v) is 6.50. The van der Waals surface area contributed by atoms with Gasteiger partial charge in [0.2, 0.25) is 0 Å². The van der Waals surface area contributed by atoms with Gasteiger partial charge in [0.25, 0.3) is 0 Å². The molecule has 3 N–H and O–H groups in total. The summed E-state index contributed by atoms with van der Waals surface area (Å²) in [6.07, 6.45) is 4.11. The maximum absolute atomic E-state index is 9.57. The van der Waals surface area contributed by atoms with Gasteiger partial charge in [-0.2, -0.15) is 0 Å². The summed E-state index contributed by atoms with van der Waals surface area (Å²) in [6, 6.07) is 0. The Kier molecular flexibility index (Phi) is 4.58. The van der Waals surface area contributed by atoms with Crippen LogP contribution in [-0.4, -0.2) is 55.0 Å². The number of likely N-dealkylation sites (tertiary alicyclic amines) is 1. The van der Waals surface area contributed by atoms with Crippen LogP contribution in [0.3, 0.4) is 0 Å². The van der Waals surface area contributed by atoms with E-state index in [0.29, 0.717) is 12.5 Å². The number of hydrogen-bond donors (Lipinski definition) is 2. The van der Waals surface area contributed by atoms with Gasteiger partial charge in [-0.25, -0.2) is 0 Å². The molecule has 2 rings (SSSR count). The predicted octanol–water partition coefficient (Wildman–Crippen LogP) is 0.197. The van der Waals surface area contributed by atoms with E-state index in [-0.39, 0.29) is 12.2 Å². The Labute approximate surface area is 97.7 Å². The fourth-order valence-corrected chi connectivity index (χ4v) is 2.68. The van der Waals surface area contributed by atoms with Crippen molar-refractivity contribution in [3.63, 3.8) is 0 Å². The van der Waals surface area contributed by atoms with Gasteiger partial charge in [0.1, 0.15) is 0 Å². The van der Waals surface area contributed by atoms with Gasteiger partial charge in [-0.15, -0.1) is 0 Å². The highest BCUT2D eigenvalue weighted by molar-refractivity contribution is 4.78. The molecule has 0 saturated carbocycles. The fourth-order valence-electron chi connectivity index (χ4n) is 2.68. The summed E-state index contributed by atoms with van der Waals surface area (Å²) < 4.78 is 5.68. The average molecular weight is 228 g/mol. The lowest BCUT2D eigenvalue weighted by atomic mass is 9.96. The second-order valence-corrected chi connectivity index (χ2v) is 5.15. The molecule has 94 valence electrons. The Morgan fingerprint density at radius 1 is 1.25 bits per heavy atom. The number of ether oxygens (including phenoxy) is 1. The zero-order valence-corrected chi connectivity index (χ0v) is 9.98. The number of aliphatic hydroxyl groups excluding tert-OH is 1. The van der Waals surface area contributed by atoms with Crippen LogP contribution in [0.25, 0.3) is 0 Å². The summed E-state index contributed by atoms with van der Waals surface area (Å²) in [5.74, 6) is 0.717. The van der Waals surface area contributed by atoms with Crippen molar-refractivity contribution in [3.8, 4) is 0 Å². The summed E-state index contributed by atoms with van der Waals surface area (Å²) >= 11 is 0. The highest BCUT2D eigenvalue weighted by atomic mass is 16.5. The van der Waals surface area contributed by atoms with E-state index in [4.69, 9.17) is 10.5 Å². The summed E-state index contributed by atoms with van der Waals surface area (Å²) in [5, 5.41) is 9.57. The minimum atomic E-state index is -0.152. The zero-order chi connectivity index (χ0) is 11.4. The molecule has 0 aromatic rings. The third kappa shape index (κ3) is 3.42. The van der Waals surface area contributed by atoms with E-state index < -0.39 is 0 Å². The zero-order valence-electron chi connectivity index (χ0n) is 9.98. The SMILES string of the molecule is NCC1CCN(CC2CC(O)CCO2)CC1. The maximum atomic E-state index is 9.57. The molecule has 2 atom stereocenters. The summed E-state index contributed by atoms with van der Waals surface area (Å²) in [6.45, 7) is 4.79. The monoisotopic (exact) mass is 228 g/mol. The van der Waals surface area contributed by atoms with E-state index in [2.05, 4.69) is 4.90 Å². The molecule has 0 amide bonds. The van der Waals surface area contributed by atoms with Crippen molar-refractivity contribution in [3.05, 3.63) is 0 Å². The van der Waals surface area contributed by atoms with Gasteiger partial charge < -0.3 is 20.5 Å². The molecule has 16 heavy (non-hydrogen) atoms. The van der Waals surface area contributed by atoms with Crippen molar-refractivity contribution in [2.75, 3.05) is 32.8 Å². The van der Waals surface area contributed by atoms with Crippen molar-refractivity contribution in [2.45, 2.75) is 37.9 Å². The first kappa shape index (κ1) is 12.3. The van der Waals surface area contributed by atoms with Crippen LogP contribution in [0.4, 0.5) is 0 Å². The van der Waals surface area contributed by atoms with E-state index >= 15 is 0 Å². The Balaban J connectivity index is 1.69. The molecule has 2 aliphatic heterocycles. The van der Waals surface area contributed by atoms with E-state index in [1.807, 2.05) is 0 Å². The third-order valence-electron chi connectivity index (χ3n) is 3.84. The lowest BCUT2D eigenvalue weighted by Gasteiger charge is -2.35. The lowest BCUT2D eigenvalue weighted by molar-refractivity contribution is -0.0584. The fraction of sp³-hybridized carbons (Fsp3) is 1.00. The first-order valence-electron chi connectivity index (χ1n) is 6.50. The van der Waals surface area contributed by atoms with Crippen LogP contribution in [0.5, 0.6) is 0 Å². The molecular weight excluding hydrogens is 204 g/mol. The Morgan fingerprint density at radius 2 is 2.00 bits per heavy atom. The molecule has 0 aromatic heterocycles. The summed E-state index contributed by atoms with van der Waals surface area (Å²) in [4.78, 5) is 2.45. The largest absolute Gasteiger partial charge is 0.393 e. The van der Waals surface area contributed by atoms with E-state index in [0.717, 1.165) is 39.0 Å². The average Bonchev–Trinajstić information content (AvgIpc) is 2.30. The molecule has 0 spiro atoms. The number of aliphatic hydroxyl groups is 1. The second-order valence-electron chi connectivity index (χ2n) is 5.15. The van der Waals surface area contributed by atoms with Crippen molar-refractivity contribution in [1.82, 2.24) is 4.90 Å². The molecule has 2 aliphatic rings. The number of hydrogen-bond acceptors (Lipinski definition) is 4. The van der Waals surface area contributed by atoms with Crippen molar-refractivity contribution in [1.29, 1.82) is 0 Å². The van der Waals surface area contributed by atoms with Crippen LogP contribution in [0.1, 0.15) is 25.7 Å². The van der Waals surface area contributed by atoms with Crippen LogP contribution in [0.15, 0.2) is 0 Å². The molecular formula is C12H24N2O2. The van der Waals surface area contributed by atoms with E-state index in [1.54, 1.807) is 0 Å². The van der Waals surface area contributed by atoms with Gasteiger partial charge in [0.15, 0.2) is 0 Å². The van der Waals surface area contributed by atoms with Crippen LogP contribution >= 0.6 is 0 Å². The Hall–Kier alpha value is -0.160. The highest BCUT2D eigenvalue weighted by Crippen LogP contribution is 2.19. The van der Waals surface area contributed by atoms with Crippen LogP contribution in [0.2, 0.25) is 0 Å². The van der Waals surface area contributed by atoms with Crippen molar-refractivity contribution >= 4 is 0 Å². The standard InChI is InChI=1S/C12H24N2O2/c13-8-10-1-4-14(5-2-10)9-12-7-11(15)3-6-16-12/h10-12,15H,1-9,13H2. The molecule has 0 bridgehead atoms. The number of rotatable bonds is 3. The van der Waals surface area contributed by atoms with Gasteiger partial charge >= 0.3 is 0 Å². The minimum Gasteiger partial charge on any atom is -0.393 e. The molecule has 2 heterocycles. The van der Waals surface area contributed by atoms with Crippen molar-refractivity contribution < 1.29 is 9.84 Å². The van der Waals surface area contributed by atoms with Gasteiger partial charge in [0, 0.05) is 19.6 Å². The normalized spacial score (nSPS) is 34.1. The maximum Gasteiger partial charge on any atom is 0.0726 e. The van der Waals surface area contributed by atoms with Crippen LogP contribution in [-0.2, 0) is 4.74 Å². The van der Waals surface area contributed by atoms with Crippen LogP contribution < -0.4 is 5.73 Å². The molecule has 0 radical (unpaired) electrons. The Morgan fingerprint density at radius 3 is 2.62 bits per heavy atom. The van der Waals surface area contributed by atoms with E-state index in [9.17, 15) is 5.11 Å². The van der Waals surface area contributed by atoms with Gasteiger partial charge in [-0.05, 0) is 44.8 Å². The minimum absolute atomic E-state index is 0.152. The quantitative estimate of drug-likeness (QED) is 0.724. The van der Waals surface area contributed by atoms with Gasteiger partial charge in [-0.3, -0.25) is 0 Å². The summed E-state index contributed by atoms with van der Waals surface area (Å²) in [5.41, 5.74) is 5.67. The smallest absolute Gasteiger partial charge is 0.0726 e. The number of nitrogens with two attached hydrogens (primary N) is 1. The van der Waals surface area contributed by atoms with Gasteiger partial charge in [0.05, 0.1) is 12.2 Å². The summed E-state index contributed by atoms with van der Waals surface area (Å²) in [7, 11) is 0. The van der Waals surface area contributed by atoms with E-state index in [1.165, 1.54) is 12.8 Å². The molecule has 4 nitrogen and oxygen atoms in total. The van der Waals surface area contributed by atoms with Crippen LogP contribution in [0, 0.1) is 5.92 Å². The second kappa shape index (κ2) is 5.96. The molecule has 2 saturated heterocycles. The molecule has 2 fully saturated rings. The molecule has 2 unspecified atom stereocenters. The molecule has 0 aromatic carbocycles. The lowest BCUT2D eigenvalue weighted by Crippen LogP contribution is -2.43. The topological polar surface area (TPSA) is 58.7 Å². The predicted molar refractivity (Wildman–Crippen MR) is 63.2 cm³/mol. The van der Waals surface area contributed by atoms with Crippen molar-refractivity contribution in [2.24, 2.45) is 11.7 Å². The molecule has 0 aliphatic carbocycles.